The lowest BCUT2D eigenvalue weighted by atomic mass is 9.82. The van der Waals surface area contributed by atoms with E-state index in [9.17, 15) is 4.79 Å². The van der Waals surface area contributed by atoms with E-state index < -0.39 is 5.97 Å². The van der Waals surface area contributed by atoms with Crippen molar-refractivity contribution in [3.63, 3.8) is 0 Å². The smallest absolute Gasteiger partial charge is 0.303 e. The number of ether oxygens (including phenoxy) is 1. The van der Waals surface area contributed by atoms with Gasteiger partial charge in [-0.15, -0.1) is 0 Å². The summed E-state index contributed by atoms with van der Waals surface area (Å²) in [5.74, 6) is 0.659. The monoisotopic (exact) mass is 248 g/mol. The van der Waals surface area contributed by atoms with Crippen molar-refractivity contribution in [3.8, 4) is 5.75 Å². The van der Waals surface area contributed by atoms with Crippen molar-refractivity contribution in [3.05, 3.63) is 29.8 Å². The first-order valence-corrected chi connectivity index (χ1v) is 6.57. The van der Waals surface area contributed by atoms with Gasteiger partial charge in [0, 0.05) is 5.92 Å². The van der Waals surface area contributed by atoms with Crippen LogP contribution in [0.1, 0.15) is 43.6 Å². The Hall–Kier alpha value is -1.51. The number of benzene rings is 1. The highest BCUT2D eigenvalue weighted by atomic mass is 16.5. The standard InChI is InChI=1S/C15H20O3/c1-18-14-9-5-4-8-12(14)13(10-15(16)17)11-6-2-3-7-11/h4-5,8-9,11,13H,2-3,6-7,10H2,1H3,(H,16,17). The highest BCUT2D eigenvalue weighted by molar-refractivity contribution is 5.68. The molecule has 0 bridgehead atoms. The fraction of sp³-hybridized carbons (Fsp3) is 0.533. The zero-order valence-corrected chi connectivity index (χ0v) is 10.8. The normalized spacial score (nSPS) is 17.6. The molecular weight excluding hydrogens is 228 g/mol. The molecule has 1 saturated carbocycles. The topological polar surface area (TPSA) is 46.5 Å². The second-order valence-electron chi connectivity index (χ2n) is 4.99. The summed E-state index contributed by atoms with van der Waals surface area (Å²) in [6.45, 7) is 0. The number of hydrogen-bond acceptors (Lipinski definition) is 2. The molecule has 0 heterocycles. The highest BCUT2D eigenvalue weighted by Crippen LogP contribution is 2.42. The third-order valence-electron chi connectivity index (χ3n) is 3.90. The van der Waals surface area contributed by atoms with E-state index in [4.69, 9.17) is 9.84 Å². The van der Waals surface area contributed by atoms with E-state index in [1.165, 1.54) is 12.8 Å². The fourth-order valence-corrected chi connectivity index (χ4v) is 3.05. The van der Waals surface area contributed by atoms with E-state index in [1.807, 2.05) is 24.3 Å². The molecule has 1 aliphatic rings. The van der Waals surface area contributed by atoms with Gasteiger partial charge in [-0.1, -0.05) is 31.0 Å². The lowest BCUT2D eigenvalue weighted by Crippen LogP contribution is -2.15. The highest BCUT2D eigenvalue weighted by Gasteiger charge is 2.29. The van der Waals surface area contributed by atoms with Crippen LogP contribution in [-0.4, -0.2) is 18.2 Å². The van der Waals surface area contributed by atoms with E-state index in [0.717, 1.165) is 24.2 Å². The summed E-state index contributed by atoms with van der Waals surface area (Å²) >= 11 is 0. The van der Waals surface area contributed by atoms with Crippen molar-refractivity contribution in [2.24, 2.45) is 5.92 Å². The summed E-state index contributed by atoms with van der Waals surface area (Å²) in [5.41, 5.74) is 1.05. The molecule has 1 fully saturated rings. The Morgan fingerprint density at radius 3 is 2.67 bits per heavy atom. The average molecular weight is 248 g/mol. The lowest BCUT2D eigenvalue weighted by molar-refractivity contribution is -0.137. The van der Waals surface area contributed by atoms with Crippen molar-refractivity contribution in [1.82, 2.24) is 0 Å². The van der Waals surface area contributed by atoms with E-state index in [2.05, 4.69) is 0 Å². The Balaban J connectivity index is 2.29. The van der Waals surface area contributed by atoms with Crippen molar-refractivity contribution >= 4 is 5.97 Å². The molecule has 1 aliphatic carbocycles. The van der Waals surface area contributed by atoms with Crippen LogP contribution in [0.4, 0.5) is 0 Å². The predicted octanol–water partition coefficient (Wildman–Crippen LogP) is 3.44. The van der Waals surface area contributed by atoms with E-state index in [1.54, 1.807) is 7.11 Å². The average Bonchev–Trinajstić information content (AvgIpc) is 2.89. The number of aliphatic carboxylic acids is 1. The van der Waals surface area contributed by atoms with Crippen LogP contribution in [0.15, 0.2) is 24.3 Å². The molecule has 1 unspecified atom stereocenters. The van der Waals surface area contributed by atoms with Gasteiger partial charge in [-0.3, -0.25) is 4.79 Å². The zero-order valence-electron chi connectivity index (χ0n) is 10.8. The van der Waals surface area contributed by atoms with Gasteiger partial charge in [-0.05, 0) is 30.4 Å². The minimum atomic E-state index is -0.724. The molecule has 1 aromatic carbocycles. The SMILES string of the molecule is COc1ccccc1C(CC(=O)O)C1CCCC1. The molecule has 3 heteroatoms. The number of carboxylic acid groups (broad SMARTS) is 1. The van der Waals surface area contributed by atoms with Gasteiger partial charge in [0.1, 0.15) is 5.75 Å². The number of para-hydroxylation sites is 1. The fourth-order valence-electron chi connectivity index (χ4n) is 3.05. The van der Waals surface area contributed by atoms with Crippen LogP contribution in [0.2, 0.25) is 0 Å². The van der Waals surface area contributed by atoms with E-state index >= 15 is 0 Å². The Bertz CT molecular complexity index is 408. The van der Waals surface area contributed by atoms with Crippen LogP contribution < -0.4 is 4.74 Å². The minimum absolute atomic E-state index is 0.0844. The Kier molecular flexibility index (Phi) is 4.24. The van der Waals surface area contributed by atoms with Crippen LogP contribution in [0.3, 0.4) is 0 Å². The van der Waals surface area contributed by atoms with Gasteiger partial charge in [0.15, 0.2) is 0 Å². The minimum Gasteiger partial charge on any atom is -0.496 e. The summed E-state index contributed by atoms with van der Waals surface area (Å²) < 4.78 is 5.37. The Labute approximate surface area is 108 Å². The van der Waals surface area contributed by atoms with Crippen LogP contribution in [-0.2, 0) is 4.79 Å². The van der Waals surface area contributed by atoms with Gasteiger partial charge in [0.2, 0.25) is 0 Å². The van der Waals surface area contributed by atoms with Gasteiger partial charge in [-0.25, -0.2) is 0 Å². The van der Waals surface area contributed by atoms with Gasteiger partial charge in [-0.2, -0.15) is 0 Å². The second-order valence-corrected chi connectivity index (χ2v) is 4.99. The molecule has 98 valence electrons. The summed E-state index contributed by atoms with van der Waals surface area (Å²) in [7, 11) is 1.64. The van der Waals surface area contributed by atoms with E-state index in [0.29, 0.717) is 5.92 Å². The van der Waals surface area contributed by atoms with Crippen molar-refractivity contribution in [1.29, 1.82) is 0 Å². The van der Waals surface area contributed by atoms with E-state index in [-0.39, 0.29) is 12.3 Å². The quantitative estimate of drug-likeness (QED) is 0.868. The Morgan fingerprint density at radius 2 is 2.06 bits per heavy atom. The number of methoxy groups -OCH3 is 1. The Morgan fingerprint density at radius 1 is 1.39 bits per heavy atom. The van der Waals surface area contributed by atoms with Crippen molar-refractivity contribution in [2.75, 3.05) is 7.11 Å². The predicted molar refractivity (Wildman–Crippen MR) is 69.9 cm³/mol. The molecule has 0 aliphatic heterocycles. The molecule has 0 aromatic heterocycles. The molecular formula is C15H20O3. The second kappa shape index (κ2) is 5.89. The molecule has 18 heavy (non-hydrogen) atoms. The van der Waals surface area contributed by atoms with Crippen LogP contribution in [0.5, 0.6) is 5.75 Å². The molecule has 1 atom stereocenters. The summed E-state index contributed by atoms with van der Waals surface area (Å²) in [6, 6.07) is 7.81. The molecule has 0 radical (unpaired) electrons. The van der Waals surface area contributed by atoms with Crippen LogP contribution >= 0.6 is 0 Å². The first kappa shape index (κ1) is 12.9. The molecule has 0 spiro atoms. The lowest BCUT2D eigenvalue weighted by Gasteiger charge is -2.24. The third kappa shape index (κ3) is 2.84. The zero-order chi connectivity index (χ0) is 13.0. The number of hydrogen-bond donors (Lipinski definition) is 1. The maximum Gasteiger partial charge on any atom is 0.303 e. The molecule has 2 rings (SSSR count). The number of carbonyl (C=O) groups is 1. The van der Waals surface area contributed by atoms with Crippen LogP contribution in [0, 0.1) is 5.92 Å². The first-order valence-electron chi connectivity index (χ1n) is 6.57. The third-order valence-corrected chi connectivity index (χ3v) is 3.90. The van der Waals surface area contributed by atoms with Gasteiger partial charge < -0.3 is 9.84 Å². The molecule has 1 N–H and O–H groups in total. The maximum atomic E-state index is 11.1. The molecule has 0 saturated heterocycles. The molecule has 1 aromatic rings. The van der Waals surface area contributed by atoms with Gasteiger partial charge in [0.25, 0.3) is 0 Å². The molecule has 0 amide bonds. The van der Waals surface area contributed by atoms with Gasteiger partial charge in [0.05, 0.1) is 13.5 Å². The van der Waals surface area contributed by atoms with Crippen LogP contribution in [0.25, 0.3) is 0 Å². The summed E-state index contributed by atoms with van der Waals surface area (Å²) in [4.78, 5) is 11.1. The summed E-state index contributed by atoms with van der Waals surface area (Å²) in [6.07, 6.45) is 4.91. The van der Waals surface area contributed by atoms with Gasteiger partial charge >= 0.3 is 5.97 Å². The van der Waals surface area contributed by atoms with Crippen molar-refractivity contribution < 1.29 is 14.6 Å². The number of carboxylic acids is 1. The first-order chi connectivity index (χ1) is 8.72. The van der Waals surface area contributed by atoms with Crippen molar-refractivity contribution in [2.45, 2.75) is 38.0 Å². The number of rotatable bonds is 5. The largest absolute Gasteiger partial charge is 0.496 e. The maximum absolute atomic E-state index is 11.1. The molecule has 3 nitrogen and oxygen atoms in total. The summed E-state index contributed by atoms with van der Waals surface area (Å²) in [5, 5.41) is 9.13.